The lowest BCUT2D eigenvalue weighted by molar-refractivity contribution is 0.577. The van der Waals surface area contributed by atoms with Gasteiger partial charge in [-0.25, -0.2) is 22.5 Å². The molecule has 1 heterocycles. The third kappa shape index (κ3) is 3.66. The molecule has 0 aliphatic heterocycles. The van der Waals surface area contributed by atoms with Gasteiger partial charge in [0.25, 0.3) is 0 Å². The zero-order chi connectivity index (χ0) is 15.5. The number of nitrogens with one attached hydrogen (secondary N) is 2. The van der Waals surface area contributed by atoms with Crippen molar-refractivity contribution < 1.29 is 12.8 Å². The van der Waals surface area contributed by atoms with Crippen LogP contribution in [0.1, 0.15) is 16.8 Å². The van der Waals surface area contributed by atoms with Gasteiger partial charge in [0, 0.05) is 37.0 Å². The molecule has 1 aromatic carbocycles. The lowest BCUT2D eigenvalue weighted by Gasteiger charge is -2.10. The van der Waals surface area contributed by atoms with Crippen LogP contribution in [-0.2, 0) is 23.0 Å². The van der Waals surface area contributed by atoms with Crippen molar-refractivity contribution in [2.45, 2.75) is 24.8 Å². The van der Waals surface area contributed by atoms with Crippen LogP contribution in [0.2, 0.25) is 0 Å². The van der Waals surface area contributed by atoms with Crippen molar-refractivity contribution in [3.63, 3.8) is 0 Å². The van der Waals surface area contributed by atoms with Gasteiger partial charge in [0.05, 0.1) is 11.2 Å². The minimum Gasteiger partial charge on any atom is -0.348 e. The summed E-state index contributed by atoms with van der Waals surface area (Å²) < 4.78 is 40.6. The summed E-state index contributed by atoms with van der Waals surface area (Å²) in [6.45, 7) is 1.68. The second-order valence-electron chi connectivity index (χ2n) is 4.64. The molecule has 0 aliphatic rings. The van der Waals surface area contributed by atoms with Gasteiger partial charge in [-0.05, 0) is 24.6 Å². The molecule has 8 heteroatoms. The monoisotopic (exact) mass is 312 g/mol. The van der Waals surface area contributed by atoms with Gasteiger partial charge in [-0.2, -0.15) is 0 Å². The maximum atomic E-state index is 13.7. The number of nitrogens with two attached hydrogens (primary N) is 1. The molecule has 0 radical (unpaired) electrons. The van der Waals surface area contributed by atoms with E-state index in [0.717, 1.165) is 5.69 Å². The SMILES string of the molecule is Cc1cc(S(=O)(=O)NCCc2cnc[nH]2)cc(CN)c1F. The number of aromatic nitrogens is 2. The highest BCUT2D eigenvalue weighted by atomic mass is 32.2. The van der Waals surface area contributed by atoms with Gasteiger partial charge in [0.2, 0.25) is 10.0 Å². The maximum absolute atomic E-state index is 13.7. The predicted molar refractivity (Wildman–Crippen MR) is 76.5 cm³/mol. The average Bonchev–Trinajstić information content (AvgIpc) is 2.94. The highest BCUT2D eigenvalue weighted by Crippen LogP contribution is 2.18. The second kappa shape index (κ2) is 6.33. The van der Waals surface area contributed by atoms with Crippen molar-refractivity contribution in [2.75, 3.05) is 6.54 Å². The number of rotatable bonds is 6. The molecule has 0 aliphatic carbocycles. The molecule has 2 aromatic rings. The largest absolute Gasteiger partial charge is 0.348 e. The quantitative estimate of drug-likeness (QED) is 0.735. The molecule has 0 unspecified atom stereocenters. The van der Waals surface area contributed by atoms with Gasteiger partial charge >= 0.3 is 0 Å². The summed E-state index contributed by atoms with van der Waals surface area (Å²) in [7, 11) is -3.69. The van der Waals surface area contributed by atoms with E-state index in [1.54, 1.807) is 6.20 Å². The first-order valence-electron chi connectivity index (χ1n) is 6.40. The first-order chi connectivity index (χ1) is 9.94. The van der Waals surface area contributed by atoms with Crippen molar-refractivity contribution in [1.82, 2.24) is 14.7 Å². The number of imidazole rings is 1. The fourth-order valence-electron chi connectivity index (χ4n) is 1.94. The van der Waals surface area contributed by atoms with Crippen LogP contribution in [-0.4, -0.2) is 24.9 Å². The molecule has 1 aromatic heterocycles. The molecule has 0 bridgehead atoms. The van der Waals surface area contributed by atoms with Gasteiger partial charge in [-0.15, -0.1) is 0 Å². The zero-order valence-electron chi connectivity index (χ0n) is 11.6. The van der Waals surface area contributed by atoms with Crippen molar-refractivity contribution in [3.05, 3.63) is 47.3 Å². The van der Waals surface area contributed by atoms with E-state index in [1.807, 2.05) is 0 Å². The van der Waals surface area contributed by atoms with Gasteiger partial charge < -0.3 is 10.7 Å². The number of sulfonamides is 1. The Morgan fingerprint density at radius 1 is 1.43 bits per heavy atom. The number of hydrogen-bond donors (Lipinski definition) is 3. The normalized spacial score (nSPS) is 11.8. The zero-order valence-corrected chi connectivity index (χ0v) is 12.4. The summed E-state index contributed by atoms with van der Waals surface area (Å²) in [5.41, 5.74) is 6.70. The van der Waals surface area contributed by atoms with E-state index >= 15 is 0 Å². The van der Waals surface area contributed by atoms with E-state index in [0.29, 0.717) is 6.42 Å². The standard InChI is InChI=1S/C13H17FN4O2S/c1-9-4-12(5-10(6-15)13(9)14)21(19,20)18-3-2-11-7-16-8-17-11/h4-5,7-8,18H,2-3,6,15H2,1H3,(H,16,17). The molecule has 114 valence electrons. The summed E-state index contributed by atoms with van der Waals surface area (Å²) in [5.74, 6) is -0.464. The van der Waals surface area contributed by atoms with Crippen LogP contribution < -0.4 is 10.5 Å². The third-order valence-electron chi connectivity index (χ3n) is 3.07. The lowest BCUT2D eigenvalue weighted by Crippen LogP contribution is -2.26. The number of halogens is 1. The van der Waals surface area contributed by atoms with E-state index in [2.05, 4.69) is 14.7 Å². The average molecular weight is 312 g/mol. The minimum atomic E-state index is -3.69. The van der Waals surface area contributed by atoms with Crippen molar-refractivity contribution >= 4 is 10.0 Å². The van der Waals surface area contributed by atoms with Crippen LogP contribution in [0.15, 0.2) is 29.6 Å². The molecule has 2 rings (SSSR count). The molecular formula is C13H17FN4O2S. The Bertz CT molecular complexity index is 714. The molecule has 0 amide bonds. The van der Waals surface area contributed by atoms with Crippen LogP contribution >= 0.6 is 0 Å². The van der Waals surface area contributed by atoms with Gasteiger partial charge in [-0.3, -0.25) is 0 Å². The smallest absolute Gasteiger partial charge is 0.240 e. The second-order valence-corrected chi connectivity index (χ2v) is 6.41. The molecule has 21 heavy (non-hydrogen) atoms. The molecule has 0 atom stereocenters. The van der Waals surface area contributed by atoms with E-state index < -0.39 is 15.8 Å². The van der Waals surface area contributed by atoms with Crippen LogP contribution in [0, 0.1) is 12.7 Å². The first-order valence-corrected chi connectivity index (χ1v) is 7.88. The van der Waals surface area contributed by atoms with Crippen LogP contribution in [0.5, 0.6) is 0 Å². The Morgan fingerprint density at radius 3 is 2.81 bits per heavy atom. The Balaban J connectivity index is 2.13. The Morgan fingerprint density at radius 2 is 2.19 bits per heavy atom. The number of aryl methyl sites for hydroxylation is 1. The summed E-state index contributed by atoms with van der Waals surface area (Å²) in [6, 6.07) is 2.56. The molecule has 0 saturated heterocycles. The minimum absolute atomic E-state index is 0.0199. The molecule has 0 spiro atoms. The highest BCUT2D eigenvalue weighted by molar-refractivity contribution is 7.89. The van der Waals surface area contributed by atoms with Gasteiger partial charge in [0.1, 0.15) is 5.82 Å². The Labute approximate surface area is 122 Å². The van der Waals surface area contributed by atoms with E-state index in [4.69, 9.17) is 5.73 Å². The number of H-pyrrole nitrogens is 1. The molecule has 6 nitrogen and oxygen atoms in total. The van der Waals surface area contributed by atoms with E-state index in [-0.39, 0.29) is 29.1 Å². The molecule has 0 fully saturated rings. The Kier molecular flexibility index (Phi) is 4.71. The molecular weight excluding hydrogens is 295 g/mol. The number of nitrogens with zero attached hydrogens (tertiary/aromatic N) is 1. The lowest BCUT2D eigenvalue weighted by atomic mass is 10.1. The fourth-order valence-corrected chi connectivity index (χ4v) is 3.10. The topological polar surface area (TPSA) is 101 Å². The van der Waals surface area contributed by atoms with Crippen molar-refractivity contribution in [1.29, 1.82) is 0 Å². The molecule has 4 N–H and O–H groups in total. The summed E-state index contributed by atoms with van der Waals surface area (Å²) in [6.07, 6.45) is 3.65. The van der Waals surface area contributed by atoms with Gasteiger partial charge in [-0.1, -0.05) is 0 Å². The van der Waals surface area contributed by atoms with Crippen LogP contribution in [0.3, 0.4) is 0 Å². The number of aromatic amines is 1. The highest BCUT2D eigenvalue weighted by Gasteiger charge is 2.17. The number of benzene rings is 1. The van der Waals surface area contributed by atoms with Crippen LogP contribution in [0.4, 0.5) is 4.39 Å². The molecule has 0 saturated carbocycles. The number of hydrogen-bond acceptors (Lipinski definition) is 4. The summed E-state index contributed by atoms with van der Waals surface area (Å²) in [5, 5.41) is 0. The fraction of sp³-hybridized carbons (Fsp3) is 0.308. The van der Waals surface area contributed by atoms with Crippen LogP contribution in [0.25, 0.3) is 0 Å². The first kappa shape index (κ1) is 15.6. The maximum Gasteiger partial charge on any atom is 0.240 e. The third-order valence-corrected chi connectivity index (χ3v) is 4.52. The van der Waals surface area contributed by atoms with E-state index in [9.17, 15) is 12.8 Å². The predicted octanol–water partition coefficient (Wildman–Crippen LogP) is 0.837. The summed E-state index contributed by atoms with van der Waals surface area (Å²) >= 11 is 0. The van der Waals surface area contributed by atoms with Crippen molar-refractivity contribution in [3.8, 4) is 0 Å². The van der Waals surface area contributed by atoms with Gasteiger partial charge in [0.15, 0.2) is 0 Å². The van der Waals surface area contributed by atoms with Crippen molar-refractivity contribution in [2.24, 2.45) is 5.73 Å². The Hall–Kier alpha value is -1.77. The summed E-state index contributed by atoms with van der Waals surface area (Å²) in [4.78, 5) is 6.76. The van der Waals surface area contributed by atoms with E-state index in [1.165, 1.54) is 25.4 Å².